The SMILES string of the molecule is CCC(C)OC(=O)[C@@H](N)[C@@H](C)CC. The fourth-order valence-electron chi connectivity index (χ4n) is 0.846. The van der Waals surface area contributed by atoms with Crippen LogP contribution >= 0.6 is 0 Å². The highest BCUT2D eigenvalue weighted by Gasteiger charge is 2.21. The van der Waals surface area contributed by atoms with E-state index in [0.717, 1.165) is 12.8 Å². The van der Waals surface area contributed by atoms with Crippen molar-refractivity contribution in [1.29, 1.82) is 0 Å². The lowest BCUT2D eigenvalue weighted by Gasteiger charge is -2.19. The largest absolute Gasteiger partial charge is 0.462 e. The second kappa shape index (κ2) is 5.97. The summed E-state index contributed by atoms with van der Waals surface area (Å²) < 4.78 is 5.12. The van der Waals surface area contributed by atoms with E-state index in [1.54, 1.807) is 0 Å². The first-order valence-electron chi connectivity index (χ1n) is 4.98. The topological polar surface area (TPSA) is 52.3 Å². The molecule has 0 rings (SSSR count). The summed E-state index contributed by atoms with van der Waals surface area (Å²) in [6.07, 6.45) is 1.71. The zero-order valence-corrected chi connectivity index (χ0v) is 9.04. The van der Waals surface area contributed by atoms with Gasteiger partial charge in [0, 0.05) is 0 Å². The van der Waals surface area contributed by atoms with Gasteiger partial charge in [0.15, 0.2) is 0 Å². The van der Waals surface area contributed by atoms with Gasteiger partial charge in [0.25, 0.3) is 0 Å². The van der Waals surface area contributed by atoms with Crippen LogP contribution < -0.4 is 5.73 Å². The molecule has 0 radical (unpaired) electrons. The van der Waals surface area contributed by atoms with Gasteiger partial charge in [0.05, 0.1) is 6.10 Å². The Morgan fingerprint density at radius 1 is 1.31 bits per heavy atom. The maximum Gasteiger partial charge on any atom is 0.323 e. The maximum absolute atomic E-state index is 11.4. The van der Waals surface area contributed by atoms with E-state index >= 15 is 0 Å². The summed E-state index contributed by atoms with van der Waals surface area (Å²) in [5.74, 6) is -0.0831. The average Bonchev–Trinajstić information content (AvgIpc) is 2.14. The number of hydrogen-bond donors (Lipinski definition) is 1. The Kier molecular flexibility index (Phi) is 5.71. The number of nitrogens with two attached hydrogens (primary N) is 1. The highest BCUT2D eigenvalue weighted by molar-refractivity contribution is 5.75. The van der Waals surface area contributed by atoms with Gasteiger partial charge in [0.1, 0.15) is 6.04 Å². The molecule has 0 aromatic heterocycles. The van der Waals surface area contributed by atoms with Crippen molar-refractivity contribution in [3.63, 3.8) is 0 Å². The van der Waals surface area contributed by atoms with Crippen molar-refractivity contribution in [3.8, 4) is 0 Å². The molecule has 0 amide bonds. The third-order valence-electron chi connectivity index (χ3n) is 2.42. The van der Waals surface area contributed by atoms with Crippen molar-refractivity contribution in [2.24, 2.45) is 11.7 Å². The van der Waals surface area contributed by atoms with Gasteiger partial charge >= 0.3 is 5.97 Å². The Morgan fingerprint density at radius 2 is 1.85 bits per heavy atom. The predicted octanol–water partition coefficient (Wildman–Crippen LogP) is 1.70. The van der Waals surface area contributed by atoms with E-state index in [1.165, 1.54) is 0 Å². The number of hydrogen-bond acceptors (Lipinski definition) is 3. The van der Waals surface area contributed by atoms with Gasteiger partial charge in [-0.3, -0.25) is 4.79 Å². The summed E-state index contributed by atoms with van der Waals surface area (Å²) >= 11 is 0. The molecule has 0 aliphatic rings. The lowest BCUT2D eigenvalue weighted by Crippen LogP contribution is -2.39. The van der Waals surface area contributed by atoms with Crippen LogP contribution in [0.4, 0.5) is 0 Å². The van der Waals surface area contributed by atoms with Crippen LogP contribution in [0.25, 0.3) is 0 Å². The van der Waals surface area contributed by atoms with Gasteiger partial charge in [-0.05, 0) is 19.3 Å². The van der Waals surface area contributed by atoms with E-state index in [4.69, 9.17) is 10.5 Å². The first-order valence-corrected chi connectivity index (χ1v) is 4.98. The van der Waals surface area contributed by atoms with E-state index in [1.807, 2.05) is 27.7 Å². The number of carbonyl (C=O) groups excluding carboxylic acids is 1. The molecule has 0 spiro atoms. The fourth-order valence-corrected chi connectivity index (χ4v) is 0.846. The third-order valence-corrected chi connectivity index (χ3v) is 2.42. The minimum Gasteiger partial charge on any atom is -0.462 e. The molecule has 2 N–H and O–H groups in total. The molecule has 1 unspecified atom stereocenters. The van der Waals surface area contributed by atoms with Crippen LogP contribution in [-0.2, 0) is 9.53 Å². The van der Waals surface area contributed by atoms with E-state index in [0.29, 0.717) is 0 Å². The summed E-state index contributed by atoms with van der Waals surface area (Å²) in [6.45, 7) is 7.83. The van der Waals surface area contributed by atoms with E-state index < -0.39 is 6.04 Å². The summed E-state index contributed by atoms with van der Waals surface area (Å²) in [4.78, 5) is 11.4. The van der Waals surface area contributed by atoms with E-state index in [-0.39, 0.29) is 18.0 Å². The van der Waals surface area contributed by atoms with Gasteiger partial charge < -0.3 is 10.5 Å². The average molecular weight is 187 g/mol. The van der Waals surface area contributed by atoms with Gasteiger partial charge in [-0.1, -0.05) is 27.2 Å². The summed E-state index contributed by atoms with van der Waals surface area (Å²) in [7, 11) is 0. The summed E-state index contributed by atoms with van der Waals surface area (Å²) in [6, 6.07) is -0.473. The first kappa shape index (κ1) is 12.4. The molecule has 0 heterocycles. The minimum absolute atomic E-state index is 0.0254. The van der Waals surface area contributed by atoms with Crippen molar-refractivity contribution >= 4 is 5.97 Å². The Morgan fingerprint density at radius 3 is 2.23 bits per heavy atom. The molecular formula is C10H21NO2. The van der Waals surface area contributed by atoms with Crippen molar-refractivity contribution in [1.82, 2.24) is 0 Å². The monoisotopic (exact) mass is 187 g/mol. The van der Waals surface area contributed by atoms with Crippen LogP contribution in [0.1, 0.15) is 40.5 Å². The van der Waals surface area contributed by atoms with Gasteiger partial charge in [-0.15, -0.1) is 0 Å². The molecule has 0 bridgehead atoms. The molecule has 0 fully saturated rings. The third kappa shape index (κ3) is 4.27. The van der Waals surface area contributed by atoms with Crippen LogP contribution in [-0.4, -0.2) is 18.1 Å². The van der Waals surface area contributed by atoms with Gasteiger partial charge in [-0.25, -0.2) is 0 Å². The second-order valence-corrected chi connectivity index (χ2v) is 3.57. The number of rotatable bonds is 5. The smallest absolute Gasteiger partial charge is 0.323 e. The van der Waals surface area contributed by atoms with Crippen molar-refractivity contribution < 1.29 is 9.53 Å². The van der Waals surface area contributed by atoms with Crippen LogP contribution in [0, 0.1) is 5.92 Å². The van der Waals surface area contributed by atoms with E-state index in [9.17, 15) is 4.79 Å². The van der Waals surface area contributed by atoms with Crippen molar-refractivity contribution in [2.45, 2.75) is 52.7 Å². The molecule has 0 aliphatic heterocycles. The zero-order chi connectivity index (χ0) is 10.4. The van der Waals surface area contributed by atoms with Crippen LogP contribution in [0.3, 0.4) is 0 Å². The Balaban J connectivity index is 3.96. The molecule has 0 saturated carbocycles. The van der Waals surface area contributed by atoms with Crippen molar-refractivity contribution in [2.75, 3.05) is 0 Å². The van der Waals surface area contributed by atoms with E-state index in [2.05, 4.69) is 0 Å². The molecule has 0 aromatic rings. The molecule has 0 saturated heterocycles. The molecule has 3 heteroatoms. The Bertz CT molecular complexity index is 159. The number of esters is 1. The Labute approximate surface area is 80.6 Å². The number of carbonyl (C=O) groups is 1. The fraction of sp³-hybridized carbons (Fsp3) is 0.900. The standard InChI is InChI=1S/C10H21NO2/c1-5-7(3)9(11)10(12)13-8(4)6-2/h7-9H,5-6,11H2,1-4H3/t7-,8?,9-/m0/s1. The molecule has 78 valence electrons. The molecule has 3 nitrogen and oxygen atoms in total. The lowest BCUT2D eigenvalue weighted by molar-refractivity contribution is -0.151. The van der Waals surface area contributed by atoms with Crippen LogP contribution in [0.5, 0.6) is 0 Å². The molecule has 0 aromatic carbocycles. The lowest BCUT2D eigenvalue weighted by atomic mass is 10.0. The van der Waals surface area contributed by atoms with Crippen molar-refractivity contribution in [3.05, 3.63) is 0 Å². The highest BCUT2D eigenvalue weighted by atomic mass is 16.5. The van der Waals surface area contributed by atoms with Crippen LogP contribution in [0.15, 0.2) is 0 Å². The molecule has 3 atom stereocenters. The highest BCUT2D eigenvalue weighted by Crippen LogP contribution is 2.08. The predicted molar refractivity (Wildman–Crippen MR) is 53.3 cm³/mol. The first-order chi connectivity index (χ1) is 6.02. The summed E-state index contributed by atoms with van der Waals surface area (Å²) in [5.41, 5.74) is 5.70. The van der Waals surface area contributed by atoms with Gasteiger partial charge in [-0.2, -0.15) is 0 Å². The molecule has 0 aliphatic carbocycles. The normalized spacial score (nSPS) is 17.6. The minimum atomic E-state index is -0.473. The number of ether oxygens (including phenoxy) is 1. The molecular weight excluding hydrogens is 166 g/mol. The molecule has 13 heavy (non-hydrogen) atoms. The summed E-state index contributed by atoms with van der Waals surface area (Å²) in [5, 5.41) is 0. The zero-order valence-electron chi connectivity index (χ0n) is 9.04. The maximum atomic E-state index is 11.4. The van der Waals surface area contributed by atoms with Crippen LogP contribution in [0.2, 0.25) is 0 Å². The Hall–Kier alpha value is -0.570. The van der Waals surface area contributed by atoms with Gasteiger partial charge in [0.2, 0.25) is 0 Å². The second-order valence-electron chi connectivity index (χ2n) is 3.57. The quantitative estimate of drug-likeness (QED) is 0.666.